The molecule has 0 radical (unpaired) electrons. The molecule has 4 rings (SSSR count). The zero-order valence-corrected chi connectivity index (χ0v) is 21.3. The van der Waals surface area contributed by atoms with Gasteiger partial charge < -0.3 is 14.6 Å². The normalized spacial score (nSPS) is 11.8. The van der Waals surface area contributed by atoms with Gasteiger partial charge in [0.05, 0.1) is 23.7 Å². The molecule has 4 aromatic rings. The van der Waals surface area contributed by atoms with Gasteiger partial charge in [0, 0.05) is 10.0 Å². The molecule has 180 valence electrons. The molecule has 3 aromatic carbocycles. The van der Waals surface area contributed by atoms with Gasteiger partial charge in [0.25, 0.3) is 0 Å². The Labute approximate surface area is 215 Å². The molecule has 1 unspecified atom stereocenters. The highest BCUT2D eigenvalue weighted by Gasteiger charge is 2.19. The van der Waals surface area contributed by atoms with Gasteiger partial charge in [0.2, 0.25) is 5.91 Å². The molecule has 0 spiro atoms. The fourth-order valence-corrected chi connectivity index (χ4v) is 4.28. The number of aromatic nitrogens is 1. The minimum Gasteiger partial charge on any atom is -0.489 e. The van der Waals surface area contributed by atoms with Gasteiger partial charge in [-0.15, -0.1) is 0 Å². The second-order valence-electron chi connectivity index (χ2n) is 8.47. The summed E-state index contributed by atoms with van der Waals surface area (Å²) in [6.45, 7) is 6.12. The summed E-state index contributed by atoms with van der Waals surface area (Å²) in [5.74, 6) is 1.37. The fourth-order valence-electron chi connectivity index (χ4n) is 3.92. The highest BCUT2D eigenvalue weighted by Crippen LogP contribution is 2.28. The third-order valence-corrected chi connectivity index (χ3v) is 6.39. The quantitative estimate of drug-likeness (QED) is 0.280. The number of carbonyl (C=O) groups excluding carboxylic acids is 1. The predicted molar refractivity (Wildman–Crippen MR) is 138 cm³/mol. The van der Waals surface area contributed by atoms with Gasteiger partial charge in [-0.25, -0.2) is 0 Å². The van der Waals surface area contributed by atoms with Crippen molar-refractivity contribution in [2.45, 2.75) is 39.8 Å². The molecule has 35 heavy (non-hydrogen) atoms. The third kappa shape index (κ3) is 6.24. The van der Waals surface area contributed by atoms with Gasteiger partial charge in [0.1, 0.15) is 18.1 Å². The van der Waals surface area contributed by atoms with Crippen LogP contribution in [-0.2, 0) is 17.8 Å². The van der Waals surface area contributed by atoms with Crippen molar-refractivity contribution in [2.24, 2.45) is 0 Å². The van der Waals surface area contributed by atoms with Crippen LogP contribution in [0.25, 0.3) is 0 Å². The maximum atomic E-state index is 13.0. The van der Waals surface area contributed by atoms with Crippen molar-refractivity contribution >= 4 is 29.1 Å². The van der Waals surface area contributed by atoms with Crippen LogP contribution in [0.2, 0.25) is 10.0 Å². The summed E-state index contributed by atoms with van der Waals surface area (Å²) in [6, 6.07) is 20.4. The Morgan fingerprint density at radius 2 is 1.66 bits per heavy atom. The van der Waals surface area contributed by atoms with Crippen molar-refractivity contribution in [1.29, 1.82) is 0 Å². The van der Waals surface area contributed by atoms with Crippen LogP contribution in [0.3, 0.4) is 0 Å². The second-order valence-corrected chi connectivity index (χ2v) is 9.34. The monoisotopic (exact) mass is 508 g/mol. The Balaban J connectivity index is 1.45. The zero-order chi connectivity index (χ0) is 24.9. The molecule has 0 fully saturated rings. The van der Waals surface area contributed by atoms with E-state index in [2.05, 4.69) is 10.5 Å². The Morgan fingerprint density at radius 3 is 2.29 bits per heavy atom. The number of hydrogen-bond acceptors (Lipinski definition) is 4. The molecule has 0 aliphatic carbocycles. The second kappa shape index (κ2) is 11.0. The van der Waals surface area contributed by atoms with E-state index in [1.54, 1.807) is 0 Å². The first-order valence-corrected chi connectivity index (χ1v) is 12.0. The fraction of sp³-hybridized carbons (Fsp3) is 0.214. The molecular weight excluding hydrogens is 483 g/mol. The van der Waals surface area contributed by atoms with Crippen LogP contribution in [0.15, 0.2) is 71.3 Å². The van der Waals surface area contributed by atoms with E-state index in [0.717, 1.165) is 39.3 Å². The van der Waals surface area contributed by atoms with E-state index < -0.39 is 0 Å². The topological polar surface area (TPSA) is 64.4 Å². The zero-order valence-electron chi connectivity index (χ0n) is 19.8. The maximum absolute atomic E-state index is 13.0. The standard InChI is InChI=1S/C28H26Cl2N2O3/c1-17-14-23(30)10-13-25(17)28(21-6-8-22(29)9-7-21)31-27(33)15-20-4-11-24(12-5-20)34-16-26-18(2)32-35-19(26)3/h4-14,28H,15-16H2,1-3H3,(H,31,33). The average Bonchev–Trinajstić information content (AvgIpc) is 3.15. The van der Waals surface area contributed by atoms with Crippen LogP contribution in [0.4, 0.5) is 0 Å². The smallest absolute Gasteiger partial charge is 0.225 e. The summed E-state index contributed by atoms with van der Waals surface area (Å²) in [5, 5.41) is 8.42. The van der Waals surface area contributed by atoms with Crippen LogP contribution in [-0.4, -0.2) is 11.1 Å². The summed E-state index contributed by atoms with van der Waals surface area (Å²) < 4.78 is 11.0. The Bertz CT molecular complexity index is 1300. The van der Waals surface area contributed by atoms with E-state index in [9.17, 15) is 4.79 Å². The third-order valence-electron chi connectivity index (χ3n) is 5.90. The van der Waals surface area contributed by atoms with E-state index in [0.29, 0.717) is 22.4 Å². The molecule has 0 aliphatic heterocycles. The van der Waals surface area contributed by atoms with E-state index in [1.165, 1.54) is 0 Å². The highest BCUT2D eigenvalue weighted by atomic mass is 35.5. The number of rotatable bonds is 8. The van der Waals surface area contributed by atoms with Gasteiger partial charge in [-0.05, 0) is 79.4 Å². The lowest BCUT2D eigenvalue weighted by molar-refractivity contribution is -0.120. The van der Waals surface area contributed by atoms with Crippen LogP contribution >= 0.6 is 23.2 Å². The maximum Gasteiger partial charge on any atom is 0.225 e. The first kappa shape index (κ1) is 24.8. The summed E-state index contributed by atoms with van der Waals surface area (Å²) in [6.07, 6.45) is 0.237. The molecule has 1 N–H and O–H groups in total. The minimum atomic E-state index is -0.324. The van der Waals surface area contributed by atoms with Crippen molar-refractivity contribution in [3.63, 3.8) is 0 Å². The summed E-state index contributed by atoms with van der Waals surface area (Å²) in [5.41, 5.74) is 5.57. The molecule has 5 nitrogen and oxygen atoms in total. The molecule has 1 heterocycles. The Hall–Kier alpha value is -3.28. The molecule has 0 saturated carbocycles. The van der Waals surface area contributed by atoms with E-state index in [4.69, 9.17) is 32.5 Å². The average molecular weight is 509 g/mol. The Kier molecular flexibility index (Phi) is 7.79. The van der Waals surface area contributed by atoms with E-state index in [1.807, 2.05) is 87.5 Å². The van der Waals surface area contributed by atoms with E-state index >= 15 is 0 Å². The molecule has 0 saturated heterocycles. The van der Waals surface area contributed by atoms with E-state index in [-0.39, 0.29) is 18.4 Å². The molecule has 1 atom stereocenters. The number of carbonyl (C=O) groups is 1. The van der Waals surface area contributed by atoms with Gasteiger partial charge in [-0.3, -0.25) is 4.79 Å². The van der Waals surface area contributed by atoms with Crippen molar-refractivity contribution in [3.8, 4) is 5.75 Å². The lowest BCUT2D eigenvalue weighted by atomic mass is 9.94. The van der Waals surface area contributed by atoms with Crippen molar-refractivity contribution in [3.05, 3.63) is 116 Å². The molecule has 1 aromatic heterocycles. The van der Waals surface area contributed by atoms with Crippen LogP contribution < -0.4 is 10.1 Å². The number of halogens is 2. The van der Waals surface area contributed by atoms with Gasteiger partial charge in [-0.2, -0.15) is 0 Å². The Morgan fingerprint density at radius 1 is 0.971 bits per heavy atom. The molecule has 0 bridgehead atoms. The molecule has 0 aliphatic rings. The van der Waals surface area contributed by atoms with Crippen molar-refractivity contribution in [2.75, 3.05) is 0 Å². The number of nitrogens with zero attached hydrogens (tertiary/aromatic N) is 1. The number of benzene rings is 3. The van der Waals surface area contributed by atoms with Gasteiger partial charge >= 0.3 is 0 Å². The first-order chi connectivity index (χ1) is 16.8. The van der Waals surface area contributed by atoms with Crippen LogP contribution in [0.5, 0.6) is 5.75 Å². The number of hydrogen-bond donors (Lipinski definition) is 1. The first-order valence-electron chi connectivity index (χ1n) is 11.2. The lowest BCUT2D eigenvalue weighted by Gasteiger charge is -2.22. The van der Waals surface area contributed by atoms with Gasteiger partial charge in [-0.1, -0.05) is 58.7 Å². The highest BCUT2D eigenvalue weighted by molar-refractivity contribution is 6.30. The SMILES string of the molecule is Cc1cc(Cl)ccc1C(NC(=O)Cc1ccc(OCc2c(C)noc2C)cc1)c1ccc(Cl)cc1. The lowest BCUT2D eigenvalue weighted by Crippen LogP contribution is -2.31. The summed E-state index contributed by atoms with van der Waals surface area (Å²) >= 11 is 12.2. The number of aryl methyl sites for hydroxylation is 3. The summed E-state index contributed by atoms with van der Waals surface area (Å²) in [4.78, 5) is 13.0. The predicted octanol–water partition coefficient (Wildman–Crippen LogP) is 6.93. The number of nitrogens with one attached hydrogen (secondary N) is 1. The minimum absolute atomic E-state index is 0.0938. The van der Waals surface area contributed by atoms with Crippen molar-refractivity contribution < 1.29 is 14.1 Å². The summed E-state index contributed by atoms with van der Waals surface area (Å²) in [7, 11) is 0. The molecule has 7 heteroatoms. The molecular formula is C28H26Cl2N2O3. The number of ether oxygens (including phenoxy) is 1. The van der Waals surface area contributed by atoms with Gasteiger partial charge in [0.15, 0.2) is 0 Å². The number of amides is 1. The molecule has 1 amide bonds. The largest absolute Gasteiger partial charge is 0.489 e. The van der Waals surface area contributed by atoms with Crippen LogP contribution in [0.1, 0.15) is 45.3 Å². The van der Waals surface area contributed by atoms with Crippen molar-refractivity contribution in [1.82, 2.24) is 10.5 Å². The van der Waals surface area contributed by atoms with Crippen LogP contribution in [0, 0.1) is 20.8 Å².